The average Bonchev–Trinajstić information content (AvgIpc) is 2.79. The average molecular weight is 490 g/mol. The lowest BCUT2D eigenvalue weighted by molar-refractivity contribution is 0.0528. The molecular weight excluding hydrogens is 465 g/mol. The Morgan fingerprint density at radius 2 is 1.71 bits per heavy atom. The number of nitrogens with one attached hydrogen (secondary N) is 1. The number of carbonyl (C=O) groups is 2. The molecule has 0 saturated heterocycles. The van der Waals surface area contributed by atoms with Crippen LogP contribution in [0.15, 0.2) is 48.4 Å². The number of nitrogens with zero attached hydrogens (tertiary/aromatic N) is 3. The van der Waals surface area contributed by atoms with Gasteiger partial charge in [-0.25, -0.2) is 13.2 Å². The third-order valence-electron chi connectivity index (χ3n) is 5.95. The second kappa shape index (κ2) is 9.69. The van der Waals surface area contributed by atoms with Crippen LogP contribution >= 0.6 is 0 Å². The van der Waals surface area contributed by atoms with Gasteiger partial charge >= 0.3 is 0 Å². The van der Waals surface area contributed by atoms with E-state index < -0.39 is 76.4 Å². The maximum Gasteiger partial charge on any atom is 0.278 e. The molecule has 3 rings (SSSR count). The van der Waals surface area contributed by atoms with Gasteiger partial charge in [0, 0.05) is 36.5 Å². The lowest BCUT2D eigenvalue weighted by Gasteiger charge is -2.48. The minimum atomic E-state index is -1.21. The number of benzene rings is 1. The van der Waals surface area contributed by atoms with Crippen molar-refractivity contribution < 1.29 is 27.9 Å². The number of hydrogen-bond acceptors (Lipinski definition) is 5. The van der Waals surface area contributed by atoms with E-state index in [1.54, 1.807) is 31.9 Å². The smallest absolute Gasteiger partial charge is 0.278 e. The molecule has 2 heterocycles. The summed E-state index contributed by atoms with van der Waals surface area (Å²) in [6.45, 7) is 12.0. The van der Waals surface area contributed by atoms with Gasteiger partial charge in [0.15, 0.2) is 11.4 Å². The molecule has 3 atom stereocenters. The van der Waals surface area contributed by atoms with Crippen LogP contribution in [0.3, 0.4) is 0 Å². The second-order valence-electron chi connectivity index (χ2n) is 8.12. The summed E-state index contributed by atoms with van der Waals surface area (Å²) in [4.78, 5) is 40.3. The highest BCUT2D eigenvalue weighted by Gasteiger charge is 2.41. The number of pyridine rings is 1. The zero-order valence-electron chi connectivity index (χ0n) is 19.4. The van der Waals surface area contributed by atoms with Gasteiger partial charge in [0.1, 0.15) is 29.2 Å². The molecule has 2 amide bonds. The maximum atomic E-state index is 13.9. The molecule has 11 heteroatoms. The number of amides is 2. The fourth-order valence-corrected chi connectivity index (χ4v) is 4.02. The molecule has 1 aromatic heterocycles. The molecule has 186 valence electrons. The maximum absolute atomic E-state index is 13.9. The first kappa shape index (κ1) is 25.6. The summed E-state index contributed by atoms with van der Waals surface area (Å²) in [7, 11) is 0. The van der Waals surface area contributed by atoms with Crippen molar-refractivity contribution >= 4 is 11.8 Å². The van der Waals surface area contributed by atoms with E-state index >= 15 is 0 Å². The van der Waals surface area contributed by atoms with E-state index in [4.69, 9.17) is 0 Å². The highest BCUT2D eigenvalue weighted by molar-refractivity contribution is 5.99. The van der Waals surface area contributed by atoms with Gasteiger partial charge in [-0.1, -0.05) is 12.2 Å². The Bertz CT molecular complexity index is 1250. The monoisotopic (exact) mass is 490 g/mol. The highest BCUT2D eigenvalue weighted by atomic mass is 19.1. The van der Waals surface area contributed by atoms with Crippen molar-refractivity contribution in [2.45, 2.75) is 45.6 Å². The number of fused-ring (bicyclic) bond motifs is 1. The van der Waals surface area contributed by atoms with Gasteiger partial charge in [-0.3, -0.25) is 24.1 Å². The zero-order chi connectivity index (χ0) is 26.2. The normalized spacial score (nSPS) is 17.0. The molecule has 1 aliphatic heterocycles. The van der Waals surface area contributed by atoms with Crippen LogP contribution in [0.2, 0.25) is 0 Å². The Balaban J connectivity index is 2.08. The van der Waals surface area contributed by atoms with Gasteiger partial charge in [-0.2, -0.15) is 0 Å². The van der Waals surface area contributed by atoms with Crippen molar-refractivity contribution in [3.8, 4) is 5.75 Å². The first-order chi connectivity index (χ1) is 16.4. The summed E-state index contributed by atoms with van der Waals surface area (Å²) in [5, 5.41) is 14.5. The van der Waals surface area contributed by atoms with Crippen LogP contribution < -0.4 is 15.8 Å². The van der Waals surface area contributed by atoms with Gasteiger partial charge in [0.05, 0.1) is 6.04 Å². The molecule has 0 saturated carbocycles. The molecule has 0 bridgehead atoms. The van der Waals surface area contributed by atoms with E-state index in [2.05, 4.69) is 18.5 Å². The molecule has 0 spiro atoms. The highest BCUT2D eigenvalue weighted by Crippen LogP contribution is 2.28. The second-order valence-corrected chi connectivity index (χ2v) is 8.12. The van der Waals surface area contributed by atoms with E-state index in [0.717, 1.165) is 6.20 Å². The largest absolute Gasteiger partial charge is 0.502 e. The van der Waals surface area contributed by atoms with Crippen LogP contribution in [-0.4, -0.2) is 44.7 Å². The van der Waals surface area contributed by atoms with Crippen molar-refractivity contribution in [1.82, 2.24) is 14.9 Å². The van der Waals surface area contributed by atoms with Crippen LogP contribution in [0.4, 0.5) is 13.2 Å². The number of aromatic hydroxyl groups is 1. The van der Waals surface area contributed by atoms with Crippen LogP contribution in [0.5, 0.6) is 5.75 Å². The SMILES string of the molecule is C=CC(C)N1C(=O)c2c(O)c(=O)c(C(=O)NCc3c(F)cc(F)cc3F)cn2N(C(C)C=C)C1C. The van der Waals surface area contributed by atoms with Crippen molar-refractivity contribution in [2.75, 3.05) is 5.01 Å². The van der Waals surface area contributed by atoms with Crippen LogP contribution in [0.25, 0.3) is 0 Å². The summed E-state index contributed by atoms with van der Waals surface area (Å²) in [6, 6.07) is 0.0454. The van der Waals surface area contributed by atoms with E-state index in [-0.39, 0.29) is 5.69 Å². The third-order valence-corrected chi connectivity index (χ3v) is 5.95. The summed E-state index contributed by atoms with van der Waals surface area (Å²) in [6.07, 6.45) is 3.58. The lowest BCUT2D eigenvalue weighted by atomic mass is 10.1. The van der Waals surface area contributed by atoms with Crippen LogP contribution in [-0.2, 0) is 6.54 Å². The standard InChI is InChI=1S/C24H25F3N4O4/c1-6-12(3)30-14(5)31(13(4)7-2)29-11-17(21(32)22(33)20(29)24(30)35)23(34)28-10-16-18(26)8-15(25)9-19(16)27/h6-9,11-14,33H,1-2,10H2,3-5H3,(H,28,34). The van der Waals surface area contributed by atoms with Crippen LogP contribution in [0.1, 0.15) is 47.2 Å². The van der Waals surface area contributed by atoms with Gasteiger partial charge in [0.25, 0.3) is 11.8 Å². The lowest BCUT2D eigenvalue weighted by Crippen LogP contribution is -2.64. The summed E-state index contributed by atoms with van der Waals surface area (Å²) >= 11 is 0. The number of halogens is 3. The van der Waals surface area contributed by atoms with Crippen molar-refractivity contribution in [3.63, 3.8) is 0 Å². The molecule has 0 fully saturated rings. The Labute approximate surface area is 199 Å². The molecule has 0 aliphatic carbocycles. The quantitative estimate of drug-likeness (QED) is 0.582. The minimum absolute atomic E-state index is 0.359. The molecule has 2 aromatic rings. The molecule has 2 N–H and O–H groups in total. The minimum Gasteiger partial charge on any atom is -0.502 e. The van der Waals surface area contributed by atoms with Crippen molar-refractivity contribution in [1.29, 1.82) is 0 Å². The summed E-state index contributed by atoms with van der Waals surface area (Å²) in [5.41, 5.74) is -2.68. The zero-order valence-corrected chi connectivity index (χ0v) is 19.4. The Morgan fingerprint density at radius 1 is 1.14 bits per heavy atom. The molecule has 3 unspecified atom stereocenters. The molecule has 1 aliphatic rings. The van der Waals surface area contributed by atoms with Gasteiger partial charge < -0.3 is 15.3 Å². The number of hydrogen-bond donors (Lipinski definition) is 2. The topological polar surface area (TPSA) is 94.9 Å². The molecule has 8 nitrogen and oxygen atoms in total. The Kier molecular flexibility index (Phi) is 7.09. The van der Waals surface area contributed by atoms with E-state index in [1.165, 1.54) is 15.7 Å². The van der Waals surface area contributed by atoms with Gasteiger partial charge in [-0.15, -0.1) is 13.2 Å². The molecule has 0 radical (unpaired) electrons. The fraction of sp³-hybridized carbons (Fsp3) is 0.292. The van der Waals surface area contributed by atoms with E-state index in [0.29, 0.717) is 12.1 Å². The Morgan fingerprint density at radius 3 is 2.26 bits per heavy atom. The first-order valence-corrected chi connectivity index (χ1v) is 10.7. The van der Waals surface area contributed by atoms with Gasteiger partial charge in [-0.05, 0) is 20.8 Å². The molecule has 35 heavy (non-hydrogen) atoms. The Hall–Kier alpha value is -4.02. The predicted molar refractivity (Wildman–Crippen MR) is 123 cm³/mol. The first-order valence-electron chi connectivity index (χ1n) is 10.7. The van der Waals surface area contributed by atoms with Crippen molar-refractivity contribution in [2.24, 2.45) is 0 Å². The predicted octanol–water partition coefficient (Wildman–Crippen LogP) is 2.79. The molecule has 1 aromatic carbocycles. The summed E-state index contributed by atoms with van der Waals surface area (Å²) in [5.74, 6) is -6.23. The molecular formula is C24H25F3N4O4. The van der Waals surface area contributed by atoms with E-state index in [1.807, 2.05) is 0 Å². The van der Waals surface area contributed by atoms with Gasteiger partial charge in [0.2, 0.25) is 5.43 Å². The van der Waals surface area contributed by atoms with E-state index in [9.17, 15) is 32.7 Å². The summed E-state index contributed by atoms with van der Waals surface area (Å²) < 4.78 is 42.2. The number of aromatic nitrogens is 1. The fourth-order valence-electron chi connectivity index (χ4n) is 4.02. The number of rotatable bonds is 7. The third kappa shape index (κ3) is 4.41. The number of carbonyl (C=O) groups excluding carboxylic acids is 2. The van der Waals surface area contributed by atoms with Crippen molar-refractivity contribution in [3.05, 3.63) is 88.1 Å². The van der Waals surface area contributed by atoms with Crippen LogP contribution in [0, 0.1) is 17.5 Å².